The summed E-state index contributed by atoms with van der Waals surface area (Å²) in [5, 5.41) is 13.2. The van der Waals surface area contributed by atoms with E-state index in [1.165, 1.54) is 0 Å². The molecule has 0 amide bonds. The number of benzene rings is 1. The number of rotatable bonds is 5. The number of nitrogen functional groups attached to an aromatic ring is 1. The molecule has 0 aliphatic heterocycles. The molecular formula is C12H17N5O. The molecule has 18 heavy (non-hydrogen) atoms. The molecule has 1 heterocycles. The van der Waals surface area contributed by atoms with Crippen LogP contribution in [0.4, 0.5) is 11.8 Å². The van der Waals surface area contributed by atoms with E-state index < -0.39 is 0 Å². The van der Waals surface area contributed by atoms with Gasteiger partial charge in [0.25, 0.3) is 0 Å². The third-order valence-corrected chi connectivity index (χ3v) is 2.66. The van der Waals surface area contributed by atoms with Crippen molar-refractivity contribution in [3.8, 4) is 0 Å². The number of aromatic nitrogens is 2. The lowest BCUT2D eigenvalue weighted by atomic mass is 10.2. The van der Waals surface area contributed by atoms with E-state index in [1.807, 2.05) is 31.2 Å². The van der Waals surface area contributed by atoms with Crippen LogP contribution in [-0.4, -0.2) is 28.2 Å². The molecule has 1 unspecified atom stereocenters. The Morgan fingerprint density at radius 3 is 2.83 bits per heavy atom. The summed E-state index contributed by atoms with van der Waals surface area (Å²) in [7, 11) is 0. The Morgan fingerprint density at radius 2 is 2.11 bits per heavy atom. The lowest BCUT2D eigenvalue weighted by Crippen LogP contribution is -2.17. The molecule has 0 fully saturated rings. The van der Waals surface area contributed by atoms with Crippen LogP contribution in [0.15, 0.2) is 24.3 Å². The first kappa shape index (κ1) is 12.5. The van der Waals surface area contributed by atoms with Gasteiger partial charge >= 0.3 is 0 Å². The Bertz CT molecular complexity index is 531. The topological polar surface area (TPSA) is 96.1 Å². The standard InChI is InChI=1S/C12H17N5O/c1-8(7-18)6-14-11-9-4-2-3-5-10(9)15-12(16-11)17-13/h2-5,8,18H,6-7,13H2,1H3,(H2,14,15,16,17). The van der Waals surface area contributed by atoms with Gasteiger partial charge in [0.2, 0.25) is 5.95 Å². The number of nitrogens with one attached hydrogen (secondary N) is 2. The zero-order valence-corrected chi connectivity index (χ0v) is 10.2. The van der Waals surface area contributed by atoms with Crippen LogP contribution < -0.4 is 16.6 Å². The average Bonchev–Trinajstić information content (AvgIpc) is 2.43. The van der Waals surface area contributed by atoms with Crippen LogP contribution in [0.25, 0.3) is 10.9 Å². The summed E-state index contributed by atoms with van der Waals surface area (Å²) in [6.07, 6.45) is 0. The third kappa shape index (κ3) is 2.66. The first-order valence-corrected chi connectivity index (χ1v) is 5.82. The molecule has 0 saturated heterocycles. The second kappa shape index (κ2) is 5.61. The quantitative estimate of drug-likeness (QED) is 0.464. The monoisotopic (exact) mass is 247 g/mol. The highest BCUT2D eigenvalue weighted by atomic mass is 16.3. The molecular weight excluding hydrogens is 230 g/mol. The predicted molar refractivity (Wildman–Crippen MR) is 72.1 cm³/mol. The molecule has 0 bridgehead atoms. The lowest BCUT2D eigenvalue weighted by Gasteiger charge is -2.13. The largest absolute Gasteiger partial charge is 0.396 e. The van der Waals surface area contributed by atoms with Crippen molar-refractivity contribution in [2.45, 2.75) is 6.92 Å². The van der Waals surface area contributed by atoms with Gasteiger partial charge in [0.15, 0.2) is 0 Å². The van der Waals surface area contributed by atoms with Crippen molar-refractivity contribution in [3.05, 3.63) is 24.3 Å². The Kier molecular flexibility index (Phi) is 3.91. The van der Waals surface area contributed by atoms with Crippen molar-refractivity contribution in [2.75, 3.05) is 23.9 Å². The van der Waals surface area contributed by atoms with Crippen LogP contribution in [0, 0.1) is 5.92 Å². The summed E-state index contributed by atoms with van der Waals surface area (Å²) in [6, 6.07) is 7.69. The number of hydrazine groups is 1. The fraction of sp³-hybridized carbons (Fsp3) is 0.333. The molecule has 6 heteroatoms. The van der Waals surface area contributed by atoms with E-state index in [0.29, 0.717) is 18.3 Å². The van der Waals surface area contributed by atoms with Gasteiger partial charge in [0.05, 0.1) is 5.52 Å². The van der Waals surface area contributed by atoms with Gasteiger partial charge in [0, 0.05) is 18.5 Å². The number of aliphatic hydroxyl groups is 1. The number of fused-ring (bicyclic) bond motifs is 1. The summed E-state index contributed by atoms with van der Waals surface area (Å²) in [5.74, 6) is 6.59. The molecule has 0 radical (unpaired) electrons. The zero-order chi connectivity index (χ0) is 13.0. The maximum atomic E-state index is 9.02. The number of hydrogen-bond donors (Lipinski definition) is 4. The summed E-state index contributed by atoms with van der Waals surface area (Å²) in [5.41, 5.74) is 3.27. The minimum atomic E-state index is 0.137. The highest BCUT2D eigenvalue weighted by Gasteiger charge is 2.07. The number of nitrogens with two attached hydrogens (primary N) is 1. The van der Waals surface area contributed by atoms with E-state index in [-0.39, 0.29) is 12.5 Å². The van der Waals surface area contributed by atoms with Gasteiger partial charge in [-0.1, -0.05) is 19.1 Å². The second-order valence-corrected chi connectivity index (χ2v) is 4.23. The Morgan fingerprint density at radius 1 is 1.33 bits per heavy atom. The summed E-state index contributed by atoms with van der Waals surface area (Å²) in [6.45, 7) is 2.73. The smallest absolute Gasteiger partial charge is 0.239 e. The highest BCUT2D eigenvalue weighted by molar-refractivity contribution is 5.89. The maximum Gasteiger partial charge on any atom is 0.239 e. The van der Waals surface area contributed by atoms with Crippen molar-refractivity contribution in [3.63, 3.8) is 0 Å². The van der Waals surface area contributed by atoms with E-state index >= 15 is 0 Å². The van der Waals surface area contributed by atoms with Crippen LogP contribution >= 0.6 is 0 Å². The number of para-hydroxylation sites is 1. The lowest BCUT2D eigenvalue weighted by molar-refractivity contribution is 0.244. The van der Waals surface area contributed by atoms with Crippen LogP contribution in [-0.2, 0) is 0 Å². The molecule has 0 saturated carbocycles. The van der Waals surface area contributed by atoms with Crippen LogP contribution in [0.3, 0.4) is 0 Å². The van der Waals surface area contributed by atoms with E-state index in [0.717, 1.165) is 10.9 Å². The first-order valence-electron chi connectivity index (χ1n) is 5.82. The summed E-state index contributed by atoms with van der Waals surface area (Å²) >= 11 is 0. The van der Waals surface area contributed by atoms with Gasteiger partial charge in [-0.25, -0.2) is 10.8 Å². The first-order chi connectivity index (χ1) is 8.74. The minimum Gasteiger partial charge on any atom is -0.396 e. The third-order valence-electron chi connectivity index (χ3n) is 2.66. The number of anilines is 2. The molecule has 96 valence electrons. The van der Waals surface area contributed by atoms with Crippen molar-refractivity contribution in [2.24, 2.45) is 11.8 Å². The van der Waals surface area contributed by atoms with Crippen molar-refractivity contribution in [1.29, 1.82) is 0 Å². The van der Waals surface area contributed by atoms with Gasteiger partial charge < -0.3 is 10.4 Å². The second-order valence-electron chi connectivity index (χ2n) is 4.23. The summed E-state index contributed by atoms with van der Waals surface area (Å²) in [4.78, 5) is 8.55. The molecule has 0 aliphatic rings. The van der Waals surface area contributed by atoms with E-state index in [2.05, 4.69) is 20.7 Å². The van der Waals surface area contributed by atoms with Gasteiger partial charge in [-0.2, -0.15) is 4.98 Å². The fourth-order valence-electron chi connectivity index (χ4n) is 1.61. The maximum absolute atomic E-state index is 9.02. The fourth-order valence-corrected chi connectivity index (χ4v) is 1.61. The van der Waals surface area contributed by atoms with Gasteiger partial charge in [0.1, 0.15) is 5.82 Å². The van der Waals surface area contributed by atoms with Gasteiger partial charge in [-0.15, -0.1) is 0 Å². The SMILES string of the molecule is CC(CO)CNc1nc(NN)nc2ccccc12. The average molecular weight is 247 g/mol. The zero-order valence-electron chi connectivity index (χ0n) is 10.2. The minimum absolute atomic E-state index is 0.137. The van der Waals surface area contributed by atoms with E-state index in [4.69, 9.17) is 10.9 Å². The molecule has 6 nitrogen and oxygen atoms in total. The molecule has 1 aromatic heterocycles. The molecule has 1 aromatic carbocycles. The van der Waals surface area contributed by atoms with Gasteiger partial charge in [-0.3, -0.25) is 5.43 Å². The highest BCUT2D eigenvalue weighted by Crippen LogP contribution is 2.21. The number of hydrogen-bond acceptors (Lipinski definition) is 6. The Labute approximate surface area is 105 Å². The molecule has 0 spiro atoms. The van der Waals surface area contributed by atoms with Crippen LogP contribution in [0.5, 0.6) is 0 Å². The summed E-state index contributed by atoms with van der Waals surface area (Å²) < 4.78 is 0. The van der Waals surface area contributed by atoms with E-state index in [1.54, 1.807) is 0 Å². The molecule has 1 atom stereocenters. The number of aliphatic hydroxyl groups excluding tert-OH is 1. The molecule has 2 rings (SSSR count). The normalized spacial score (nSPS) is 12.4. The van der Waals surface area contributed by atoms with Crippen molar-refractivity contribution in [1.82, 2.24) is 9.97 Å². The van der Waals surface area contributed by atoms with Crippen molar-refractivity contribution >= 4 is 22.7 Å². The Hall–Kier alpha value is -1.92. The van der Waals surface area contributed by atoms with Gasteiger partial charge in [-0.05, 0) is 18.1 Å². The molecule has 0 aliphatic carbocycles. The van der Waals surface area contributed by atoms with Crippen molar-refractivity contribution < 1.29 is 5.11 Å². The molecule has 5 N–H and O–H groups in total. The van der Waals surface area contributed by atoms with E-state index in [9.17, 15) is 0 Å². The molecule has 2 aromatic rings. The van der Waals surface area contributed by atoms with Crippen LogP contribution in [0.1, 0.15) is 6.92 Å². The van der Waals surface area contributed by atoms with Crippen LogP contribution in [0.2, 0.25) is 0 Å². The number of nitrogens with zero attached hydrogens (tertiary/aromatic N) is 2. The Balaban J connectivity index is 2.34. The predicted octanol–water partition coefficient (Wildman–Crippen LogP) is 0.956.